The van der Waals surface area contributed by atoms with Crippen molar-refractivity contribution in [1.29, 1.82) is 0 Å². The Balaban J connectivity index is 1.45. The van der Waals surface area contributed by atoms with Crippen molar-refractivity contribution < 1.29 is 14.7 Å². The fourth-order valence-corrected chi connectivity index (χ4v) is 3.47. The van der Waals surface area contributed by atoms with Gasteiger partial charge in [-0.2, -0.15) is 0 Å². The van der Waals surface area contributed by atoms with E-state index in [1.165, 1.54) is 11.0 Å². The molecule has 1 fully saturated rings. The molecule has 1 aromatic carbocycles. The first-order valence-electron chi connectivity index (χ1n) is 8.34. The van der Waals surface area contributed by atoms with E-state index in [-0.39, 0.29) is 6.61 Å². The zero-order valence-corrected chi connectivity index (χ0v) is 16.3. The third-order valence-corrected chi connectivity index (χ3v) is 5.25. The second-order valence-corrected chi connectivity index (χ2v) is 7.37. The lowest BCUT2D eigenvalue weighted by molar-refractivity contribution is -0.903. The second kappa shape index (κ2) is 9.06. The summed E-state index contributed by atoms with van der Waals surface area (Å²) < 4.78 is 5.60. The van der Waals surface area contributed by atoms with Gasteiger partial charge in [0.1, 0.15) is 25.0 Å². The van der Waals surface area contributed by atoms with Crippen molar-refractivity contribution in [2.75, 3.05) is 44.2 Å². The molecule has 1 atom stereocenters. The van der Waals surface area contributed by atoms with Crippen LogP contribution in [0.4, 0.5) is 5.95 Å². The fraction of sp³-hybridized carbons (Fsp3) is 0.412. The number of aliphatic hydroxyl groups excluding tert-OH is 1. The summed E-state index contributed by atoms with van der Waals surface area (Å²) in [4.78, 5) is 12.0. The van der Waals surface area contributed by atoms with Crippen molar-refractivity contribution >= 4 is 40.8 Å². The summed E-state index contributed by atoms with van der Waals surface area (Å²) in [6.45, 7) is 4.26. The van der Waals surface area contributed by atoms with E-state index >= 15 is 0 Å². The minimum Gasteiger partial charge on any atom is -0.489 e. The van der Waals surface area contributed by atoms with Gasteiger partial charge in [0.05, 0.1) is 41.2 Å². The van der Waals surface area contributed by atoms with Gasteiger partial charge in [0.25, 0.3) is 0 Å². The molecular formula is C17H20Cl3N4O2+. The standard InChI is InChI=1S/C17H19Cl3N4O2/c18-13-8-15(20)16(9-14(13)19)26-11-12(25)10-23-4-6-24(7-5-23)17-21-2-1-3-22-17/h1-3,8-9,12,25H,4-7,10-11H2/p+1/t12-/m1/s1. The Hall–Kier alpha value is -1.31. The SMILES string of the molecule is O[C@@H](COc1cc(Cl)c(Cl)cc1Cl)C[NH+]1CCN(c2ncccn2)CC1. The molecular weight excluding hydrogens is 399 g/mol. The van der Waals surface area contributed by atoms with Gasteiger partial charge in [0, 0.05) is 18.5 Å². The largest absolute Gasteiger partial charge is 0.489 e. The van der Waals surface area contributed by atoms with Crippen molar-refractivity contribution in [1.82, 2.24) is 9.97 Å². The Kier molecular flexibility index (Phi) is 6.78. The molecule has 0 amide bonds. The number of nitrogens with zero attached hydrogens (tertiary/aromatic N) is 3. The number of rotatable bonds is 6. The molecule has 140 valence electrons. The van der Waals surface area contributed by atoms with Crippen LogP contribution in [0.3, 0.4) is 0 Å². The first kappa shape index (κ1) is 19.5. The molecule has 1 aliphatic rings. The summed E-state index contributed by atoms with van der Waals surface area (Å²) in [6, 6.07) is 4.90. The summed E-state index contributed by atoms with van der Waals surface area (Å²) in [6.07, 6.45) is 2.89. The number of anilines is 1. The summed E-state index contributed by atoms with van der Waals surface area (Å²) in [5.41, 5.74) is 0. The Labute approximate surface area is 167 Å². The Bertz CT molecular complexity index is 727. The molecule has 0 aliphatic carbocycles. The number of hydrogen-bond donors (Lipinski definition) is 2. The average molecular weight is 419 g/mol. The lowest BCUT2D eigenvalue weighted by atomic mass is 10.2. The molecule has 0 saturated carbocycles. The first-order valence-corrected chi connectivity index (χ1v) is 9.47. The highest BCUT2D eigenvalue weighted by atomic mass is 35.5. The number of nitrogens with one attached hydrogen (secondary N) is 1. The highest BCUT2D eigenvalue weighted by Crippen LogP contribution is 2.33. The summed E-state index contributed by atoms with van der Waals surface area (Å²) in [5, 5.41) is 11.4. The third-order valence-electron chi connectivity index (χ3n) is 4.24. The highest BCUT2D eigenvalue weighted by molar-refractivity contribution is 6.43. The van der Waals surface area contributed by atoms with Gasteiger partial charge >= 0.3 is 0 Å². The molecule has 9 heteroatoms. The minimum absolute atomic E-state index is 0.146. The van der Waals surface area contributed by atoms with E-state index in [0.717, 1.165) is 32.1 Å². The fourth-order valence-electron chi connectivity index (χ4n) is 2.87. The van der Waals surface area contributed by atoms with Crippen LogP contribution in [0, 0.1) is 0 Å². The predicted molar refractivity (Wildman–Crippen MR) is 103 cm³/mol. The summed E-state index contributed by atoms with van der Waals surface area (Å²) >= 11 is 17.9. The molecule has 0 spiro atoms. The van der Waals surface area contributed by atoms with Crippen LogP contribution in [0.5, 0.6) is 5.75 Å². The maximum Gasteiger partial charge on any atom is 0.225 e. The molecule has 2 N–H and O–H groups in total. The van der Waals surface area contributed by atoms with E-state index in [2.05, 4.69) is 14.9 Å². The maximum absolute atomic E-state index is 10.3. The van der Waals surface area contributed by atoms with Crippen molar-refractivity contribution in [2.45, 2.75) is 6.10 Å². The quantitative estimate of drug-likeness (QED) is 0.698. The first-order chi connectivity index (χ1) is 12.5. The molecule has 2 aromatic rings. The molecule has 3 rings (SSSR count). The molecule has 0 radical (unpaired) electrons. The number of ether oxygens (including phenoxy) is 1. The van der Waals surface area contributed by atoms with Crippen LogP contribution in [-0.4, -0.2) is 60.5 Å². The molecule has 0 unspecified atom stereocenters. The molecule has 1 aliphatic heterocycles. The number of aliphatic hydroxyl groups is 1. The maximum atomic E-state index is 10.3. The topological polar surface area (TPSA) is 62.9 Å². The Morgan fingerprint density at radius 3 is 2.42 bits per heavy atom. The number of aromatic nitrogens is 2. The van der Waals surface area contributed by atoms with Crippen LogP contribution < -0.4 is 14.5 Å². The molecule has 1 saturated heterocycles. The van der Waals surface area contributed by atoms with Gasteiger partial charge in [-0.1, -0.05) is 34.8 Å². The van der Waals surface area contributed by atoms with Gasteiger partial charge in [-0.05, 0) is 12.1 Å². The van der Waals surface area contributed by atoms with Gasteiger partial charge < -0.3 is 19.6 Å². The predicted octanol–water partition coefficient (Wildman–Crippen LogP) is 1.58. The summed E-state index contributed by atoms with van der Waals surface area (Å²) in [5.74, 6) is 1.17. The smallest absolute Gasteiger partial charge is 0.225 e. The number of piperazine rings is 1. The molecule has 6 nitrogen and oxygen atoms in total. The number of quaternary nitrogens is 1. The van der Waals surface area contributed by atoms with E-state index < -0.39 is 6.10 Å². The van der Waals surface area contributed by atoms with Crippen LogP contribution in [-0.2, 0) is 0 Å². The van der Waals surface area contributed by atoms with E-state index in [9.17, 15) is 5.11 Å². The molecule has 1 aromatic heterocycles. The van der Waals surface area contributed by atoms with Gasteiger partial charge in [0.2, 0.25) is 5.95 Å². The lowest BCUT2D eigenvalue weighted by Crippen LogP contribution is -3.16. The molecule has 0 bridgehead atoms. The van der Waals surface area contributed by atoms with Crippen molar-refractivity contribution in [3.05, 3.63) is 45.7 Å². The normalized spacial score (nSPS) is 16.5. The van der Waals surface area contributed by atoms with Gasteiger partial charge in [-0.25, -0.2) is 9.97 Å². The average Bonchev–Trinajstić information content (AvgIpc) is 2.65. The van der Waals surface area contributed by atoms with Crippen molar-refractivity contribution in [3.8, 4) is 5.75 Å². The number of hydrogen-bond acceptors (Lipinski definition) is 5. The van der Waals surface area contributed by atoms with Gasteiger partial charge in [0.15, 0.2) is 0 Å². The van der Waals surface area contributed by atoms with E-state index in [4.69, 9.17) is 39.5 Å². The monoisotopic (exact) mass is 417 g/mol. The van der Waals surface area contributed by atoms with Crippen LogP contribution in [0.15, 0.2) is 30.6 Å². The van der Waals surface area contributed by atoms with Crippen LogP contribution in [0.1, 0.15) is 0 Å². The van der Waals surface area contributed by atoms with Crippen LogP contribution in [0.25, 0.3) is 0 Å². The minimum atomic E-state index is -0.602. The van der Waals surface area contributed by atoms with Gasteiger partial charge in [-0.15, -0.1) is 0 Å². The summed E-state index contributed by atoms with van der Waals surface area (Å²) in [7, 11) is 0. The zero-order valence-electron chi connectivity index (χ0n) is 14.0. The van der Waals surface area contributed by atoms with E-state index in [1.54, 1.807) is 18.5 Å². The lowest BCUT2D eigenvalue weighted by Gasteiger charge is -2.33. The van der Waals surface area contributed by atoms with Crippen LogP contribution in [0.2, 0.25) is 15.1 Å². The highest BCUT2D eigenvalue weighted by Gasteiger charge is 2.24. The second-order valence-electron chi connectivity index (χ2n) is 6.15. The molecule has 2 heterocycles. The number of halogens is 3. The molecule has 26 heavy (non-hydrogen) atoms. The zero-order chi connectivity index (χ0) is 18.5. The van der Waals surface area contributed by atoms with E-state index in [1.807, 2.05) is 6.07 Å². The van der Waals surface area contributed by atoms with Crippen molar-refractivity contribution in [3.63, 3.8) is 0 Å². The van der Waals surface area contributed by atoms with Crippen LogP contribution >= 0.6 is 34.8 Å². The third kappa shape index (κ3) is 5.11. The number of benzene rings is 1. The van der Waals surface area contributed by atoms with E-state index in [0.29, 0.717) is 27.4 Å². The Morgan fingerprint density at radius 2 is 1.73 bits per heavy atom. The Morgan fingerprint density at radius 1 is 1.08 bits per heavy atom. The van der Waals surface area contributed by atoms with Crippen molar-refractivity contribution in [2.24, 2.45) is 0 Å². The van der Waals surface area contributed by atoms with Gasteiger partial charge in [-0.3, -0.25) is 0 Å².